The molecular formula is C16H33Cu. The average molecular weight is 289 g/mol. The summed E-state index contributed by atoms with van der Waals surface area (Å²) in [4.78, 5) is 0. The first-order valence-electron chi connectivity index (χ1n) is 7.71. The molecule has 0 N–H and O–H groups in total. The fourth-order valence-corrected chi connectivity index (χ4v) is 2.19. The van der Waals surface area contributed by atoms with Crippen molar-refractivity contribution in [2.75, 3.05) is 0 Å². The van der Waals surface area contributed by atoms with Crippen molar-refractivity contribution in [3.05, 3.63) is 6.92 Å². The topological polar surface area (TPSA) is 0 Å². The average Bonchev–Trinajstić information content (AvgIpc) is 2.31. The Balaban J connectivity index is 0. The van der Waals surface area contributed by atoms with E-state index in [-0.39, 0.29) is 17.1 Å². The number of hydrogen-bond donors (Lipinski definition) is 0. The van der Waals surface area contributed by atoms with Gasteiger partial charge in [0.1, 0.15) is 0 Å². The molecule has 0 unspecified atom stereocenters. The number of unbranched alkanes of at least 4 members (excludes halogenated alkanes) is 13. The van der Waals surface area contributed by atoms with Gasteiger partial charge in [0.05, 0.1) is 0 Å². The molecule has 0 amide bonds. The fourth-order valence-electron chi connectivity index (χ4n) is 2.19. The van der Waals surface area contributed by atoms with Crippen molar-refractivity contribution >= 4 is 0 Å². The van der Waals surface area contributed by atoms with Crippen LogP contribution in [0.3, 0.4) is 0 Å². The Bertz CT molecular complexity index is 98.1. The quantitative estimate of drug-likeness (QED) is 0.212. The SMILES string of the molecule is [CH2-]CCCCCCCCCCCCCCC.[Cu+]. The van der Waals surface area contributed by atoms with Crippen LogP contribution in [0.4, 0.5) is 0 Å². The molecule has 0 rings (SSSR count). The first kappa shape index (κ1) is 19.8. The second-order valence-corrected chi connectivity index (χ2v) is 5.10. The van der Waals surface area contributed by atoms with Crippen molar-refractivity contribution in [1.82, 2.24) is 0 Å². The molecule has 0 aromatic rings. The Morgan fingerprint density at radius 3 is 1.12 bits per heavy atom. The molecule has 0 aromatic heterocycles. The second-order valence-electron chi connectivity index (χ2n) is 5.10. The summed E-state index contributed by atoms with van der Waals surface area (Å²) in [5.41, 5.74) is 0. The first-order valence-corrected chi connectivity index (χ1v) is 7.71. The van der Waals surface area contributed by atoms with Gasteiger partial charge < -0.3 is 6.92 Å². The van der Waals surface area contributed by atoms with E-state index in [9.17, 15) is 0 Å². The van der Waals surface area contributed by atoms with Crippen LogP contribution in [-0.4, -0.2) is 0 Å². The van der Waals surface area contributed by atoms with E-state index in [0.29, 0.717) is 0 Å². The summed E-state index contributed by atoms with van der Waals surface area (Å²) in [5, 5.41) is 0. The predicted octanol–water partition coefficient (Wildman–Crippen LogP) is 6.30. The molecule has 0 radical (unpaired) electrons. The Labute approximate surface area is 121 Å². The minimum atomic E-state index is 0. The van der Waals surface area contributed by atoms with Crippen LogP contribution in [0.15, 0.2) is 0 Å². The molecule has 1 heteroatoms. The van der Waals surface area contributed by atoms with Crippen molar-refractivity contribution in [2.45, 2.75) is 96.8 Å². The van der Waals surface area contributed by atoms with Crippen LogP contribution in [-0.2, 0) is 17.1 Å². The maximum Gasteiger partial charge on any atom is 1.00 e. The van der Waals surface area contributed by atoms with Gasteiger partial charge in [-0.05, 0) is 0 Å². The zero-order valence-corrected chi connectivity index (χ0v) is 12.8. The van der Waals surface area contributed by atoms with E-state index in [0.717, 1.165) is 6.42 Å². The normalized spacial score (nSPS) is 10.2. The third kappa shape index (κ3) is 19.1. The Morgan fingerprint density at radius 1 is 0.529 bits per heavy atom. The van der Waals surface area contributed by atoms with E-state index >= 15 is 0 Å². The van der Waals surface area contributed by atoms with E-state index in [1.807, 2.05) is 0 Å². The molecule has 0 atom stereocenters. The van der Waals surface area contributed by atoms with Crippen LogP contribution >= 0.6 is 0 Å². The van der Waals surface area contributed by atoms with Crippen LogP contribution in [0, 0.1) is 6.92 Å². The van der Waals surface area contributed by atoms with Crippen LogP contribution < -0.4 is 0 Å². The molecule has 0 spiro atoms. The molecule has 0 heterocycles. The van der Waals surface area contributed by atoms with Gasteiger partial charge in [0.15, 0.2) is 0 Å². The van der Waals surface area contributed by atoms with Gasteiger partial charge in [-0.15, -0.1) is 0 Å². The third-order valence-electron chi connectivity index (χ3n) is 3.35. The molecule has 17 heavy (non-hydrogen) atoms. The van der Waals surface area contributed by atoms with Gasteiger partial charge in [0.2, 0.25) is 0 Å². The fraction of sp³-hybridized carbons (Fsp3) is 0.938. The van der Waals surface area contributed by atoms with Crippen molar-refractivity contribution in [3.8, 4) is 0 Å². The van der Waals surface area contributed by atoms with Gasteiger partial charge in [-0.25, -0.2) is 0 Å². The second kappa shape index (κ2) is 18.9. The van der Waals surface area contributed by atoms with Crippen LogP contribution in [0.2, 0.25) is 0 Å². The minimum absolute atomic E-state index is 0. The summed E-state index contributed by atoms with van der Waals surface area (Å²) in [7, 11) is 0. The Hall–Kier alpha value is 0.519. The molecule has 0 bridgehead atoms. The molecule has 0 aliphatic carbocycles. The van der Waals surface area contributed by atoms with E-state index in [2.05, 4.69) is 13.8 Å². The van der Waals surface area contributed by atoms with Gasteiger partial charge in [-0.3, -0.25) is 0 Å². The van der Waals surface area contributed by atoms with Gasteiger partial charge in [-0.1, -0.05) is 90.4 Å². The molecule has 0 saturated carbocycles. The molecule has 0 nitrogen and oxygen atoms in total. The van der Waals surface area contributed by atoms with Gasteiger partial charge >= 0.3 is 17.1 Å². The van der Waals surface area contributed by atoms with E-state index in [4.69, 9.17) is 0 Å². The molecular weight excluding hydrogens is 256 g/mol. The molecule has 108 valence electrons. The van der Waals surface area contributed by atoms with Crippen LogP contribution in [0.5, 0.6) is 0 Å². The largest absolute Gasteiger partial charge is 1.00 e. The van der Waals surface area contributed by atoms with Crippen LogP contribution in [0.1, 0.15) is 96.8 Å². The standard InChI is InChI=1S/C16H33.Cu/c1-3-5-7-9-11-13-15-16-14-12-10-8-6-4-2;/h1,3-16H2,2H3;/q-1;+1. The molecule has 0 aromatic carbocycles. The Kier molecular flexibility index (Phi) is 22.0. The summed E-state index contributed by atoms with van der Waals surface area (Å²) >= 11 is 0. The van der Waals surface area contributed by atoms with Gasteiger partial charge in [0, 0.05) is 0 Å². The summed E-state index contributed by atoms with van der Waals surface area (Å²) in [6, 6.07) is 0. The van der Waals surface area contributed by atoms with E-state index in [1.165, 1.54) is 83.5 Å². The zero-order valence-electron chi connectivity index (χ0n) is 11.9. The predicted molar refractivity (Wildman–Crippen MR) is 75.7 cm³/mol. The molecule has 0 saturated heterocycles. The van der Waals surface area contributed by atoms with Crippen molar-refractivity contribution < 1.29 is 17.1 Å². The number of rotatable bonds is 13. The maximum absolute atomic E-state index is 3.87. The minimum Gasteiger partial charge on any atom is -0.343 e. The Morgan fingerprint density at radius 2 is 0.824 bits per heavy atom. The summed E-state index contributed by atoms with van der Waals surface area (Å²) in [6.07, 6.45) is 19.8. The smallest absolute Gasteiger partial charge is 0.343 e. The first-order chi connectivity index (χ1) is 7.91. The maximum atomic E-state index is 3.87. The molecule has 0 aliphatic heterocycles. The van der Waals surface area contributed by atoms with Crippen molar-refractivity contribution in [3.63, 3.8) is 0 Å². The summed E-state index contributed by atoms with van der Waals surface area (Å²) < 4.78 is 0. The zero-order chi connectivity index (χ0) is 11.9. The monoisotopic (exact) mass is 288 g/mol. The van der Waals surface area contributed by atoms with Gasteiger partial charge in [-0.2, -0.15) is 6.42 Å². The third-order valence-corrected chi connectivity index (χ3v) is 3.35. The van der Waals surface area contributed by atoms with E-state index in [1.54, 1.807) is 0 Å². The van der Waals surface area contributed by atoms with Crippen molar-refractivity contribution in [1.29, 1.82) is 0 Å². The molecule has 0 fully saturated rings. The number of hydrogen-bond acceptors (Lipinski definition) is 0. The summed E-state index contributed by atoms with van der Waals surface area (Å²) in [5.74, 6) is 0. The summed E-state index contributed by atoms with van der Waals surface area (Å²) in [6.45, 7) is 6.16. The van der Waals surface area contributed by atoms with E-state index < -0.39 is 0 Å². The van der Waals surface area contributed by atoms with Crippen molar-refractivity contribution in [2.24, 2.45) is 0 Å². The molecule has 0 aliphatic rings. The van der Waals surface area contributed by atoms with Gasteiger partial charge in [0.25, 0.3) is 0 Å². The van der Waals surface area contributed by atoms with Crippen LogP contribution in [0.25, 0.3) is 0 Å².